The number of aryl methyl sites for hydroxylation is 1. The first-order chi connectivity index (χ1) is 18.0. The number of carbonyl (C=O) groups excluding carboxylic acids is 1. The molecule has 2 aromatic carbocycles. The van der Waals surface area contributed by atoms with Gasteiger partial charge in [0.25, 0.3) is 0 Å². The van der Waals surface area contributed by atoms with Crippen LogP contribution >= 0.6 is 0 Å². The topological polar surface area (TPSA) is 86.2 Å². The molecule has 38 heavy (non-hydrogen) atoms. The van der Waals surface area contributed by atoms with Gasteiger partial charge in [-0.25, -0.2) is 22.8 Å². The van der Waals surface area contributed by atoms with Crippen molar-refractivity contribution < 1.29 is 35.5 Å². The smallest absolute Gasteiger partial charge is 0.381 e. The van der Waals surface area contributed by atoms with Gasteiger partial charge in [0, 0.05) is 36.1 Å². The largest absolute Gasteiger partial charge is 0.416 e. The zero-order valence-corrected chi connectivity index (χ0v) is 20.9. The summed E-state index contributed by atoms with van der Waals surface area (Å²) in [5.74, 6) is -1.84. The van der Waals surface area contributed by atoms with Gasteiger partial charge in [-0.1, -0.05) is 12.1 Å². The van der Waals surface area contributed by atoms with Gasteiger partial charge >= 0.3 is 6.18 Å². The second-order valence-electron chi connectivity index (χ2n) is 9.70. The molecule has 2 aliphatic rings. The minimum absolute atomic E-state index is 0.0220. The zero-order valence-electron chi connectivity index (χ0n) is 20.1. The lowest BCUT2D eigenvalue weighted by Crippen LogP contribution is -2.36. The summed E-state index contributed by atoms with van der Waals surface area (Å²) in [4.78, 5) is 21.7. The molecule has 0 radical (unpaired) electrons. The second-order valence-corrected chi connectivity index (χ2v) is 11.8. The Labute approximate surface area is 217 Å². The van der Waals surface area contributed by atoms with E-state index in [-0.39, 0.29) is 42.0 Å². The molecule has 1 aliphatic heterocycles. The van der Waals surface area contributed by atoms with Crippen molar-refractivity contribution in [1.29, 1.82) is 0 Å². The van der Waals surface area contributed by atoms with Crippen LogP contribution in [-0.4, -0.2) is 42.6 Å². The third-order valence-electron chi connectivity index (χ3n) is 7.40. The summed E-state index contributed by atoms with van der Waals surface area (Å²) < 4.78 is 84.6. The van der Waals surface area contributed by atoms with E-state index in [1.807, 2.05) is 0 Å². The first-order valence-electron chi connectivity index (χ1n) is 12.1. The van der Waals surface area contributed by atoms with Crippen LogP contribution in [0.4, 0.5) is 17.6 Å². The second kappa shape index (κ2) is 10.2. The third-order valence-corrected chi connectivity index (χ3v) is 9.72. The Morgan fingerprint density at radius 3 is 2.39 bits per heavy atom. The average molecular weight is 549 g/mol. The highest BCUT2D eigenvalue weighted by Crippen LogP contribution is 2.46. The molecule has 0 bridgehead atoms. The van der Waals surface area contributed by atoms with Crippen molar-refractivity contribution in [3.05, 3.63) is 78.0 Å². The molecule has 2 fully saturated rings. The molecule has 1 saturated carbocycles. The first-order valence-corrected chi connectivity index (χ1v) is 13.7. The van der Waals surface area contributed by atoms with Gasteiger partial charge in [-0.3, -0.25) is 4.79 Å². The third kappa shape index (κ3) is 5.22. The number of hydrogen-bond donors (Lipinski definition) is 0. The number of aromatic nitrogens is 2. The molecule has 2 heterocycles. The average Bonchev–Trinajstić information content (AvgIpc) is 3.49. The molecule has 1 unspecified atom stereocenters. The van der Waals surface area contributed by atoms with Crippen molar-refractivity contribution in [2.75, 3.05) is 13.2 Å². The van der Waals surface area contributed by atoms with Crippen molar-refractivity contribution in [2.45, 2.75) is 35.6 Å². The molecule has 11 heteroatoms. The Morgan fingerprint density at radius 1 is 1.00 bits per heavy atom. The van der Waals surface area contributed by atoms with Gasteiger partial charge < -0.3 is 4.74 Å². The Balaban J connectivity index is 1.32. The van der Waals surface area contributed by atoms with Gasteiger partial charge in [0.2, 0.25) is 0 Å². The summed E-state index contributed by atoms with van der Waals surface area (Å²) in [7, 11) is -3.92. The molecule has 1 aliphatic carbocycles. The van der Waals surface area contributed by atoms with Crippen LogP contribution in [0.1, 0.15) is 24.1 Å². The number of hydrogen-bond acceptors (Lipinski definition) is 6. The van der Waals surface area contributed by atoms with Crippen LogP contribution < -0.4 is 0 Å². The number of alkyl halides is 3. The van der Waals surface area contributed by atoms with Crippen molar-refractivity contribution in [1.82, 2.24) is 9.97 Å². The number of ether oxygens (including phenoxy) is 1. The van der Waals surface area contributed by atoms with Gasteiger partial charge in [-0.05, 0) is 61.2 Å². The summed E-state index contributed by atoms with van der Waals surface area (Å²) in [5.41, 5.74) is 0.642. The van der Waals surface area contributed by atoms with E-state index in [0.717, 1.165) is 24.3 Å². The number of halogens is 4. The highest BCUT2D eigenvalue weighted by atomic mass is 32.2. The number of ketones is 1. The molecule has 5 rings (SSSR count). The van der Waals surface area contributed by atoms with Gasteiger partial charge in [0.15, 0.2) is 9.84 Å². The van der Waals surface area contributed by atoms with Crippen LogP contribution in [0.2, 0.25) is 0 Å². The summed E-state index contributed by atoms with van der Waals surface area (Å²) in [6, 6.07) is 10.8. The standard InChI is InChI=1S/C27H24F4N2O4S/c28-19-5-8-21(9-6-19)38(35,36)26-22(11-17-13-37-14-23(17)26)25(34)10-7-20-12-24(33-15-32-20)16-1-3-18(4-2-16)27(29,30)31/h1-6,8-9,12,15,17,22-23,26H,7,10-11,13-14H2/t17-,22-,23+,26?/m1/s1. The maximum Gasteiger partial charge on any atom is 0.416 e. The predicted molar refractivity (Wildman–Crippen MR) is 129 cm³/mol. The lowest BCUT2D eigenvalue weighted by molar-refractivity contribution is -0.137. The molecule has 1 aromatic heterocycles. The van der Waals surface area contributed by atoms with E-state index in [1.165, 1.54) is 30.6 Å². The number of carbonyl (C=O) groups is 1. The van der Waals surface area contributed by atoms with Gasteiger partial charge in [0.1, 0.15) is 17.9 Å². The van der Waals surface area contributed by atoms with Crippen molar-refractivity contribution in [3.8, 4) is 11.3 Å². The van der Waals surface area contributed by atoms with Gasteiger partial charge in [-0.15, -0.1) is 0 Å². The number of rotatable bonds is 7. The molecule has 0 amide bonds. The van der Waals surface area contributed by atoms with E-state index in [0.29, 0.717) is 30.0 Å². The van der Waals surface area contributed by atoms with Crippen molar-refractivity contribution in [2.24, 2.45) is 17.8 Å². The summed E-state index contributed by atoms with van der Waals surface area (Å²) in [6.45, 7) is 0.647. The number of Topliss-reactive ketones (excluding diaryl/α,β-unsaturated/α-hetero) is 1. The molecule has 200 valence electrons. The first kappa shape index (κ1) is 26.4. The van der Waals surface area contributed by atoms with Crippen LogP contribution in [0.15, 0.2) is 65.8 Å². The minimum Gasteiger partial charge on any atom is -0.381 e. The molecular formula is C27H24F4N2O4S. The Hall–Kier alpha value is -3.18. The van der Waals surface area contributed by atoms with E-state index < -0.39 is 38.6 Å². The maximum atomic E-state index is 13.5. The molecule has 3 aromatic rings. The SMILES string of the molecule is O=C(CCc1cc(-c2ccc(C(F)(F)F)cc2)ncn1)[C@H]1C[C@@H]2COC[C@@H]2C1S(=O)(=O)c1ccc(F)cc1. The molecule has 1 saturated heterocycles. The molecular weight excluding hydrogens is 524 g/mol. The lowest BCUT2D eigenvalue weighted by atomic mass is 9.96. The normalized spacial score (nSPS) is 23.4. The van der Waals surface area contributed by atoms with Gasteiger partial charge in [-0.2, -0.15) is 13.2 Å². The number of benzene rings is 2. The highest BCUT2D eigenvalue weighted by Gasteiger charge is 2.54. The van der Waals surface area contributed by atoms with Crippen LogP contribution in [0, 0.1) is 23.6 Å². The number of nitrogens with zero attached hydrogens (tertiary/aromatic N) is 2. The zero-order chi connectivity index (χ0) is 27.1. The van der Waals surface area contributed by atoms with E-state index in [9.17, 15) is 30.8 Å². The van der Waals surface area contributed by atoms with E-state index in [1.54, 1.807) is 6.07 Å². The summed E-state index contributed by atoms with van der Waals surface area (Å²) in [5, 5.41) is -0.957. The summed E-state index contributed by atoms with van der Waals surface area (Å²) in [6.07, 6.45) is -2.49. The van der Waals surface area contributed by atoms with E-state index in [2.05, 4.69) is 9.97 Å². The van der Waals surface area contributed by atoms with E-state index >= 15 is 0 Å². The number of sulfone groups is 1. The quantitative estimate of drug-likeness (QED) is 0.308. The number of fused-ring (bicyclic) bond motifs is 1. The minimum atomic E-state index is -4.44. The Bertz CT molecular complexity index is 1430. The molecule has 6 nitrogen and oxygen atoms in total. The van der Waals surface area contributed by atoms with Crippen LogP contribution in [-0.2, 0) is 32.0 Å². The maximum absolute atomic E-state index is 13.5. The van der Waals surface area contributed by atoms with E-state index in [4.69, 9.17) is 4.74 Å². The monoisotopic (exact) mass is 548 g/mol. The van der Waals surface area contributed by atoms with Crippen LogP contribution in [0.3, 0.4) is 0 Å². The van der Waals surface area contributed by atoms with Gasteiger partial charge in [0.05, 0.1) is 28.0 Å². The van der Waals surface area contributed by atoms with Crippen molar-refractivity contribution >= 4 is 15.6 Å². The highest BCUT2D eigenvalue weighted by molar-refractivity contribution is 7.92. The van der Waals surface area contributed by atoms with Crippen LogP contribution in [0.25, 0.3) is 11.3 Å². The fourth-order valence-corrected chi connectivity index (χ4v) is 7.77. The summed E-state index contributed by atoms with van der Waals surface area (Å²) >= 11 is 0. The van der Waals surface area contributed by atoms with Crippen molar-refractivity contribution in [3.63, 3.8) is 0 Å². The fraction of sp³-hybridized carbons (Fsp3) is 0.370. The molecule has 0 spiro atoms. The predicted octanol–water partition coefficient (Wildman–Crippen LogP) is 4.93. The lowest BCUT2D eigenvalue weighted by Gasteiger charge is -2.23. The van der Waals surface area contributed by atoms with Crippen LogP contribution in [0.5, 0.6) is 0 Å². The fourth-order valence-electron chi connectivity index (χ4n) is 5.48. The molecule has 4 atom stereocenters. The Morgan fingerprint density at radius 2 is 1.71 bits per heavy atom. The molecule has 0 N–H and O–H groups in total. The Kier molecular flexibility index (Phi) is 7.08.